The van der Waals surface area contributed by atoms with Crippen LogP contribution >= 0.6 is 0 Å². The number of hydrogen-bond acceptors (Lipinski definition) is 3. The molecule has 25 heavy (non-hydrogen) atoms. The van der Waals surface area contributed by atoms with Gasteiger partial charge in [-0.15, -0.1) is 0 Å². The van der Waals surface area contributed by atoms with Crippen molar-refractivity contribution in [3.05, 3.63) is 59.2 Å². The summed E-state index contributed by atoms with van der Waals surface area (Å²) < 4.78 is 5.45. The van der Waals surface area contributed by atoms with E-state index in [-0.39, 0.29) is 11.8 Å². The number of carbonyl (C=O) groups is 2. The zero-order valence-electron chi connectivity index (χ0n) is 14.7. The van der Waals surface area contributed by atoms with Gasteiger partial charge in [-0.1, -0.05) is 29.8 Å². The summed E-state index contributed by atoms with van der Waals surface area (Å²) in [6, 6.07) is 13.0. The van der Waals surface area contributed by atoms with E-state index >= 15 is 0 Å². The number of aryl methyl sites for hydroxylation is 1. The first-order valence-corrected chi connectivity index (χ1v) is 8.40. The molecule has 2 aromatic rings. The molecule has 130 valence electrons. The van der Waals surface area contributed by atoms with Gasteiger partial charge < -0.3 is 15.0 Å². The van der Waals surface area contributed by atoms with Gasteiger partial charge in [-0.3, -0.25) is 9.59 Å². The monoisotopic (exact) mass is 338 g/mol. The summed E-state index contributed by atoms with van der Waals surface area (Å²) in [7, 11) is 0. The van der Waals surface area contributed by atoms with Gasteiger partial charge in [0.15, 0.2) is 0 Å². The molecular weight excluding hydrogens is 316 g/mol. The second-order valence-electron chi connectivity index (χ2n) is 6.20. The molecule has 1 atom stereocenters. The third kappa shape index (κ3) is 3.50. The molecule has 0 fully saturated rings. The van der Waals surface area contributed by atoms with E-state index in [0.29, 0.717) is 13.2 Å². The van der Waals surface area contributed by atoms with E-state index in [9.17, 15) is 9.59 Å². The fourth-order valence-corrected chi connectivity index (χ4v) is 3.10. The number of carbonyl (C=O) groups excluding carboxylic acids is 2. The van der Waals surface area contributed by atoms with Crippen molar-refractivity contribution in [1.82, 2.24) is 5.32 Å². The fraction of sp³-hybridized carbons (Fsp3) is 0.300. The van der Waals surface area contributed by atoms with Gasteiger partial charge in [-0.05, 0) is 37.6 Å². The van der Waals surface area contributed by atoms with Crippen molar-refractivity contribution in [2.45, 2.75) is 33.4 Å². The summed E-state index contributed by atoms with van der Waals surface area (Å²) in [4.78, 5) is 26.1. The summed E-state index contributed by atoms with van der Waals surface area (Å²) in [5.41, 5.74) is 3.77. The van der Waals surface area contributed by atoms with Crippen LogP contribution < -0.4 is 15.0 Å². The topological polar surface area (TPSA) is 58.6 Å². The van der Waals surface area contributed by atoms with Crippen molar-refractivity contribution in [2.24, 2.45) is 0 Å². The molecule has 3 rings (SSSR count). The largest absolute Gasteiger partial charge is 0.494 e. The number of fused-ring (bicyclic) bond motifs is 1. The van der Waals surface area contributed by atoms with E-state index in [4.69, 9.17) is 4.74 Å². The SMILES string of the molecule is CCOc1ccc(CN2C(=O)[C@@H](NC(C)=O)c3cc(C)ccc32)cc1. The molecule has 0 saturated carbocycles. The maximum absolute atomic E-state index is 12.9. The van der Waals surface area contributed by atoms with Gasteiger partial charge in [0.2, 0.25) is 5.91 Å². The normalized spacial score (nSPS) is 15.9. The Bertz CT molecular complexity index is 799. The molecule has 0 unspecified atom stereocenters. The minimum atomic E-state index is -0.616. The molecule has 5 nitrogen and oxygen atoms in total. The molecule has 0 saturated heterocycles. The van der Waals surface area contributed by atoms with Gasteiger partial charge in [-0.25, -0.2) is 0 Å². The second kappa shape index (κ2) is 6.97. The van der Waals surface area contributed by atoms with Gasteiger partial charge in [0.1, 0.15) is 11.8 Å². The van der Waals surface area contributed by atoms with Crippen LogP contribution in [0, 0.1) is 6.92 Å². The molecule has 1 aliphatic rings. The minimum absolute atomic E-state index is 0.107. The van der Waals surface area contributed by atoms with E-state index in [1.165, 1.54) is 6.92 Å². The molecule has 2 amide bonds. The maximum atomic E-state index is 12.9. The number of hydrogen-bond donors (Lipinski definition) is 1. The highest BCUT2D eigenvalue weighted by Gasteiger charge is 2.37. The Morgan fingerprint density at radius 3 is 2.56 bits per heavy atom. The minimum Gasteiger partial charge on any atom is -0.494 e. The van der Waals surface area contributed by atoms with Crippen LogP contribution in [0.4, 0.5) is 5.69 Å². The molecule has 1 N–H and O–H groups in total. The Balaban J connectivity index is 1.88. The van der Waals surface area contributed by atoms with Crippen molar-refractivity contribution in [3.63, 3.8) is 0 Å². The van der Waals surface area contributed by atoms with E-state index in [1.807, 2.05) is 56.3 Å². The van der Waals surface area contributed by atoms with Gasteiger partial charge in [0, 0.05) is 18.2 Å². The number of ether oxygens (including phenoxy) is 1. The summed E-state index contributed by atoms with van der Waals surface area (Å²) in [6.45, 7) is 6.42. The molecule has 0 bridgehead atoms. The van der Waals surface area contributed by atoms with Crippen molar-refractivity contribution >= 4 is 17.5 Å². The average molecular weight is 338 g/mol. The molecular formula is C20H22N2O3. The van der Waals surface area contributed by atoms with Crippen molar-refractivity contribution < 1.29 is 14.3 Å². The third-order valence-electron chi connectivity index (χ3n) is 4.22. The molecule has 0 spiro atoms. The van der Waals surface area contributed by atoms with E-state index in [1.54, 1.807) is 4.90 Å². The van der Waals surface area contributed by atoms with Crippen LogP contribution in [0.25, 0.3) is 0 Å². The van der Waals surface area contributed by atoms with Crippen LogP contribution in [-0.4, -0.2) is 18.4 Å². The Labute approximate surface area is 147 Å². The first kappa shape index (κ1) is 17.0. The highest BCUT2D eigenvalue weighted by atomic mass is 16.5. The molecule has 0 aliphatic carbocycles. The second-order valence-corrected chi connectivity index (χ2v) is 6.20. The Morgan fingerprint density at radius 1 is 1.20 bits per heavy atom. The quantitative estimate of drug-likeness (QED) is 0.911. The lowest BCUT2D eigenvalue weighted by Gasteiger charge is -2.18. The van der Waals surface area contributed by atoms with Crippen LogP contribution in [-0.2, 0) is 16.1 Å². The van der Waals surface area contributed by atoms with Gasteiger partial charge in [0.05, 0.1) is 13.2 Å². The molecule has 1 heterocycles. The highest BCUT2D eigenvalue weighted by molar-refractivity contribution is 6.06. The number of nitrogens with zero attached hydrogens (tertiary/aromatic N) is 1. The summed E-state index contributed by atoms with van der Waals surface area (Å²) in [5, 5.41) is 2.77. The van der Waals surface area contributed by atoms with Crippen LogP contribution in [0.3, 0.4) is 0 Å². The van der Waals surface area contributed by atoms with Crippen molar-refractivity contribution in [1.29, 1.82) is 0 Å². The molecule has 0 aromatic heterocycles. The number of nitrogens with one attached hydrogen (secondary N) is 1. The molecule has 2 aromatic carbocycles. The van der Waals surface area contributed by atoms with Crippen molar-refractivity contribution in [2.75, 3.05) is 11.5 Å². The average Bonchev–Trinajstić information content (AvgIpc) is 2.81. The summed E-state index contributed by atoms with van der Waals surface area (Å²) in [5.74, 6) is 0.490. The van der Waals surface area contributed by atoms with Crippen LogP contribution in [0.5, 0.6) is 5.75 Å². The van der Waals surface area contributed by atoms with E-state index in [0.717, 1.165) is 28.1 Å². The Hall–Kier alpha value is -2.82. The first-order chi connectivity index (χ1) is 12.0. The Morgan fingerprint density at radius 2 is 1.92 bits per heavy atom. The van der Waals surface area contributed by atoms with E-state index in [2.05, 4.69) is 5.32 Å². The zero-order valence-corrected chi connectivity index (χ0v) is 14.7. The standard InChI is InChI=1S/C20H22N2O3/c1-4-25-16-8-6-15(7-9-16)12-22-18-10-5-13(2)11-17(18)19(20(22)24)21-14(3)23/h5-11,19H,4,12H2,1-3H3,(H,21,23)/t19-/m0/s1. The van der Waals surface area contributed by atoms with E-state index < -0.39 is 6.04 Å². The smallest absolute Gasteiger partial charge is 0.254 e. The predicted octanol–water partition coefficient (Wildman–Crippen LogP) is 3.12. The van der Waals surface area contributed by atoms with Crippen LogP contribution in [0.2, 0.25) is 0 Å². The van der Waals surface area contributed by atoms with Crippen LogP contribution in [0.1, 0.15) is 36.6 Å². The molecule has 0 radical (unpaired) electrons. The summed E-state index contributed by atoms with van der Waals surface area (Å²) in [6.07, 6.45) is 0. The van der Waals surface area contributed by atoms with Gasteiger partial charge in [-0.2, -0.15) is 0 Å². The molecule has 1 aliphatic heterocycles. The maximum Gasteiger partial charge on any atom is 0.254 e. The highest BCUT2D eigenvalue weighted by Crippen LogP contribution is 2.37. The Kier molecular flexibility index (Phi) is 4.74. The lowest BCUT2D eigenvalue weighted by molar-refractivity contribution is -0.126. The summed E-state index contributed by atoms with van der Waals surface area (Å²) >= 11 is 0. The zero-order chi connectivity index (χ0) is 18.0. The lowest BCUT2D eigenvalue weighted by atomic mass is 10.1. The van der Waals surface area contributed by atoms with Crippen LogP contribution in [0.15, 0.2) is 42.5 Å². The van der Waals surface area contributed by atoms with Gasteiger partial charge >= 0.3 is 0 Å². The molecule has 5 heteroatoms. The number of amides is 2. The first-order valence-electron chi connectivity index (χ1n) is 8.40. The number of benzene rings is 2. The predicted molar refractivity (Wildman–Crippen MR) is 96.5 cm³/mol. The third-order valence-corrected chi connectivity index (χ3v) is 4.22. The number of rotatable bonds is 5. The van der Waals surface area contributed by atoms with Crippen molar-refractivity contribution in [3.8, 4) is 5.75 Å². The fourth-order valence-electron chi connectivity index (χ4n) is 3.10. The van der Waals surface area contributed by atoms with Gasteiger partial charge in [0.25, 0.3) is 5.91 Å². The lowest BCUT2D eigenvalue weighted by Crippen LogP contribution is -2.36. The number of anilines is 1.